The Hall–Kier alpha value is -1.28. The summed E-state index contributed by atoms with van der Waals surface area (Å²) in [5.41, 5.74) is 1.18. The summed E-state index contributed by atoms with van der Waals surface area (Å²) < 4.78 is 34.0. The molecule has 7 heteroatoms. The Kier molecular flexibility index (Phi) is 4.56. The fraction of sp³-hybridized carbons (Fsp3) is 0. The van der Waals surface area contributed by atoms with Gasteiger partial charge in [0, 0.05) is 18.2 Å². The number of nitrogens with one attached hydrogen (secondary N) is 1. The average molecular weight is 245 g/mol. The smallest absolute Gasteiger partial charge is 0.162 e. The van der Waals surface area contributed by atoms with Crippen molar-refractivity contribution in [1.29, 1.82) is 0 Å². The van der Waals surface area contributed by atoms with Gasteiger partial charge < -0.3 is 0 Å². The van der Waals surface area contributed by atoms with Gasteiger partial charge in [-0.15, -0.1) is 10.2 Å². The zero-order valence-electron chi connectivity index (χ0n) is 8.08. The first kappa shape index (κ1) is 12.8. The van der Waals surface area contributed by atoms with Crippen LogP contribution in [0.15, 0.2) is 47.7 Å². The second-order valence-electron chi connectivity index (χ2n) is 2.77. The molecule has 1 atom stereocenters. The lowest BCUT2D eigenvalue weighted by Gasteiger charge is -2.17. The first-order chi connectivity index (χ1) is 7.47. The van der Waals surface area contributed by atoms with Crippen LogP contribution in [0.25, 0.3) is 0 Å². The molecular formula is C9H9ClN2O4. The standard InChI is InChI=1S/C9H8N2.ClHO4/c1-2-5-9(6-3-1)11-8-4-7-10-11;2-1(3,4)5/h1-8H;(H,2,3,4,5). The molecule has 1 aliphatic heterocycles. The van der Waals surface area contributed by atoms with Crippen LogP contribution >= 0.6 is 0 Å². The Morgan fingerprint density at radius 1 is 1.00 bits per heavy atom. The van der Waals surface area contributed by atoms with Gasteiger partial charge in [0.05, 0.1) is 6.21 Å². The molecule has 0 bridgehead atoms. The SMILES string of the molecule is C1=C[NH+](c2ccccc2)N=C1.[O-][Cl+3]([O-])([O-])[O-]. The lowest BCUT2D eigenvalue weighted by molar-refractivity contribution is -2.00. The molecule has 1 N–H and O–H groups in total. The van der Waals surface area contributed by atoms with Gasteiger partial charge in [-0.3, -0.25) is 0 Å². The van der Waals surface area contributed by atoms with Crippen molar-refractivity contribution in [2.75, 3.05) is 0 Å². The van der Waals surface area contributed by atoms with Gasteiger partial charge in [0.25, 0.3) is 0 Å². The number of para-hydroxylation sites is 1. The third kappa shape index (κ3) is 5.56. The number of nitrogens with zero attached hydrogens (tertiary/aromatic N) is 1. The Bertz CT molecular complexity index is 357. The van der Waals surface area contributed by atoms with Crippen LogP contribution in [0.2, 0.25) is 0 Å². The van der Waals surface area contributed by atoms with Crippen LogP contribution in [0.1, 0.15) is 0 Å². The fourth-order valence-electron chi connectivity index (χ4n) is 1.08. The van der Waals surface area contributed by atoms with E-state index in [1.807, 2.05) is 36.7 Å². The molecule has 86 valence electrons. The van der Waals surface area contributed by atoms with Gasteiger partial charge in [0.1, 0.15) is 6.20 Å². The van der Waals surface area contributed by atoms with E-state index < -0.39 is 10.2 Å². The monoisotopic (exact) mass is 244 g/mol. The fourth-order valence-corrected chi connectivity index (χ4v) is 1.08. The Morgan fingerprint density at radius 3 is 2.00 bits per heavy atom. The van der Waals surface area contributed by atoms with E-state index in [1.54, 1.807) is 0 Å². The Balaban J connectivity index is 0.000000221. The predicted octanol–water partition coefficient (Wildman–Crippen LogP) is -4.04. The van der Waals surface area contributed by atoms with Crippen LogP contribution in [0, 0.1) is 10.2 Å². The minimum atomic E-state index is -4.94. The molecule has 6 nitrogen and oxygen atoms in total. The summed E-state index contributed by atoms with van der Waals surface area (Å²) in [4.78, 5) is 0. The van der Waals surface area contributed by atoms with E-state index in [4.69, 9.17) is 18.6 Å². The second-order valence-corrected chi connectivity index (χ2v) is 3.52. The summed E-state index contributed by atoms with van der Waals surface area (Å²) in [6.07, 6.45) is 5.76. The first-order valence-corrected chi connectivity index (χ1v) is 5.45. The largest absolute Gasteiger partial charge is 0.222 e. The van der Waals surface area contributed by atoms with E-state index in [9.17, 15) is 0 Å². The molecule has 0 amide bonds. The van der Waals surface area contributed by atoms with E-state index in [1.165, 1.54) is 5.69 Å². The van der Waals surface area contributed by atoms with Gasteiger partial charge in [-0.1, -0.05) is 23.3 Å². The lowest BCUT2D eigenvalue weighted by atomic mass is 10.3. The van der Waals surface area contributed by atoms with Crippen molar-refractivity contribution in [3.05, 3.63) is 42.6 Å². The summed E-state index contributed by atoms with van der Waals surface area (Å²) >= 11 is 0. The second kappa shape index (κ2) is 5.71. The molecule has 0 saturated heterocycles. The zero-order valence-corrected chi connectivity index (χ0v) is 8.83. The number of benzene rings is 1. The van der Waals surface area contributed by atoms with Gasteiger partial charge in [0.2, 0.25) is 0 Å². The summed E-state index contributed by atoms with van der Waals surface area (Å²) in [5, 5.41) is 5.23. The summed E-state index contributed by atoms with van der Waals surface area (Å²) in [5.74, 6) is 0. The van der Waals surface area contributed by atoms with E-state index in [0.717, 1.165) is 5.01 Å². The molecule has 1 aliphatic rings. The summed E-state index contributed by atoms with van der Waals surface area (Å²) in [6.45, 7) is 0. The van der Waals surface area contributed by atoms with Crippen LogP contribution in [0.3, 0.4) is 0 Å². The molecule has 16 heavy (non-hydrogen) atoms. The highest BCUT2D eigenvalue weighted by molar-refractivity contribution is 5.71. The van der Waals surface area contributed by atoms with Crippen LogP contribution in [0.5, 0.6) is 0 Å². The van der Waals surface area contributed by atoms with Crippen molar-refractivity contribution >= 4 is 11.9 Å². The summed E-state index contributed by atoms with van der Waals surface area (Å²) in [6, 6.07) is 10.2. The Morgan fingerprint density at radius 2 is 1.56 bits per heavy atom. The van der Waals surface area contributed by atoms with Gasteiger partial charge in [-0.25, -0.2) is 18.6 Å². The van der Waals surface area contributed by atoms with E-state index in [0.29, 0.717) is 0 Å². The van der Waals surface area contributed by atoms with Gasteiger partial charge in [-0.05, 0) is 0 Å². The van der Waals surface area contributed by atoms with Crippen LogP contribution in [0.4, 0.5) is 5.69 Å². The number of allylic oxidation sites excluding steroid dienone is 1. The van der Waals surface area contributed by atoms with Crippen LogP contribution in [-0.4, -0.2) is 6.21 Å². The third-order valence-corrected chi connectivity index (χ3v) is 1.62. The number of halogens is 1. The van der Waals surface area contributed by atoms with Crippen LogP contribution in [-0.2, 0) is 0 Å². The van der Waals surface area contributed by atoms with Crippen molar-refractivity contribution in [2.45, 2.75) is 0 Å². The molecule has 0 saturated carbocycles. The number of quaternary nitrogens is 1. The quantitative estimate of drug-likeness (QED) is 0.542. The molecule has 0 radical (unpaired) electrons. The molecule has 0 aromatic heterocycles. The third-order valence-electron chi connectivity index (χ3n) is 1.62. The van der Waals surface area contributed by atoms with E-state index >= 15 is 0 Å². The molecule has 1 heterocycles. The highest BCUT2D eigenvalue weighted by Crippen LogP contribution is 1.99. The predicted molar refractivity (Wildman–Crippen MR) is 44.7 cm³/mol. The van der Waals surface area contributed by atoms with E-state index in [-0.39, 0.29) is 0 Å². The van der Waals surface area contributed by atoms with Gasteiger partial charge >= 0.3 is 0 Å². The van der Waals surface area contributed by atoms with Crippen molar-refractivity contribution in [3.63, 3.8) is 0 Å². The maximum absolute atomic E-state index is 8.49. The molecule has 0 aliphatic carbocycles. The highest BCUT2D eigenvalue weighted by atomic mass is 35.7. The molecule has 1 aromatic rings. The van der Waals surface area contributed by atoms with Crippen LogP contribution < -0.4 is 23.6 Å². The first-order valence-electron chi connectivity index (χ1n) is 4.22. The normalized spacial score (nSPS) is 18.1. The average Bonchev–Trinajstić information content (AvgIpc) is 2.69. The molecule has 0 spiro atoms. The minimum absolute atomic E-state index is 1.05. The van der Waals surface area contributed by atoms with Crippen molar-refractivity contribution in [1.82, 2.24) is 0 Å². The Labute approximate surface area is 94.1 Å². The maximum Gasteiger partial charge on any atom is 0.162 e. The molecule has 1 aromatic carbocycles. The van der Waals surface area contributed by atoms with Gasteiger partial charge in [-0.2, -0.15) is 5.01 Å². The molecule has 2 rings (SSSR count). The number of hydrogen-bond donors (Lipinski definition) is 1. The van der Waals surface area contributed by atoms with Crippen molar-refractivity contribution in [3.8, 4) is 0 Å². The maximum atomic E-state index is 8.49. The lowest BCUT2D eigenvalue weighted by Crippen LogP contribution is -2.96. The minimum Gasteiger partial charge on any atom is -0.222 e. The number of hydrogen-bond acceptors (Lipinski definition) is 5. The molecule has 0 fully saturated rings. The molecule has 1 unspecified atom stereocenters. The summed E-state index contributed by atoms with van der Waals surface area (Å²) in [7, 11) is -4.94. The topological polar surface area (TPSA) is 109 Å². The van der Waals surface area contributed by atoms with Gasteiger partial charge in [0.15, 0.2) is 5.69 Å². The van der Waals surface area contributed by atoms with E-state index in [2.05, 4.69) is 17.2 Å². The number of rotatable bonds is 1. The van der Waals surface area contributed by atoms with Crippen molar-refractivity contribution < 1.29 is 33.9 Å². The molecular weight excluding hydrogens is 236 g/mol. The highest BCUT2D eigenvalue weighted by Gasteiger charge is 2.07. The van der Waals surface area contributed by atoms with Crippen molar-refractivity contribution in [2.24, 2.45) is 5.10 Å². The zero-order chi connectivity index (χ0) is 12.0.